The summed E-state index contributed by atoms with van der Waals surface area (Å²) >= 11 is 7.02. The Morgan fingerprint density at radius 3 is 2.63 bits per heavy atom. The summed E-state index contributed by atoms with van der Waals surface area (Å²) in [5.41, 5.74) is 0. The third kappa shape index (κ3) is 3.48. The van der Waals surface area contributed by atoms with Crippen molar-refractivity contribution < 1.29 is 8.42 Å². The molecule has 0 aliphatic heterocycles. The Hall–Kier alpha value is -0.170. The second-order valence-electron chi connectivity index (χ2n) is 4.79. The molecule has 1 saturated carbocycles. The molecule has 19 heavy (non-hydrogen) atoms. The van der Waals surface area contributed by atoms with Crippen molar-refractivity contribution in [3.63, 3.8) is 0 Å². The number of nitrogens with zero attached hydrogens (tertiary/aromatic N) is 2. The second-order valence-corrected chi connectivity index (χ2v) is 8.53. The Balaban J connectivity index is 2.26. The van der Waals surface area contributed by atoms with Gasteiger partial charge in [0.2, 0.25) is 0 Å². The number of aromatic nitrogens is 1. The van der Waals surface area contributed by atoms with Crippen LogP contribution in [0.2, 0.25) is 0 Å². The van der Waals surface area contributed by atoms with Crippen molar-refractivity contribution in [2.75, 3.05) is 12.4 Å². The standard InChI is InChI=1S/C12H19ClN2O2S2/c1-10-14-9-12(18-10)19(16,17)15(8-7-13)11-5-3-2-4-6-11/h9,11H,2-8H2,1H3. The normalized spacial score (nSPS) is 18.1. The van der Waals surface area contributed by atoms with E-state index in [1.165, 1.54) is 24.0 Å². The SMILES string of the molecule is Cc1ncc(S(=O)(=O)N(CCCl)C2CCCCC2)s1. The maximum Gasteiger partial charge on any atom is 0.254 e. The maximum absolute atomic E-state index is 12.7. The van der Waals surface area contributed by atoms with Crippen molar-refractivity contribution >= 4 is 33.0 Å². The van der Waals surface area contributed by atoms with Gasteiger partial charge in [-0.05, 0) is 19.8 Å². The van der Waals surface area contributed by atoms with Gasteiger partial charge in [0.25, 0.3) is 10.0 Å². The molecule has 0 spiro atoms. The lowest BCUT2D eigenvalue weighted by molar-refractivity contribution is 0.262. The van der Waals surface area contributed by atoms with Gasteiger partial charge in [-0.15, -0.1) is 22.9 Å². The number of rotatable bonds is 5. The van der Waals surface area contributed by atoms with E-state index in [-0.39, 0.29) is 6.04 Å². The summed E-state index contributed by atoms with van der Waals surface area (Å²) in [6.45, 7) is 2.20. The first-order valence-electron chi connectivity index (χ1n) is 6.56. The lowest BCUT2D eigenvalue weighted by Crippen LogP contribution is -2.42. The largest absolute Gasteiger partial charge is 0.254 e. The molecule has 1 aromatic rings. The molecule has 0 atom stereocenters. The highest BCUT2D eigenvalue weighted by molar-refractivity contribution is 7.91. The van der Waals surface area contributed by atoms with E-state index in [0.717, 1.165) is 30.7 Å². The summed E-state index contributed by atoms with van der Waals surface area (Å²) in [5, 5.41) is 0.771. The number of hydrogen-bond acceptors (Lipinski definition) is 4. The minimum Gasteiger partial charge on any atom is -0.249 e. The molecule has 1 fully saturated rings. The minimum absolute atomic E-state index is 0.0971. The first kappa shape index (κ1) is 15.2. The van der Waals surface area contributed by atoms with Crippen LogP contribution in [0, 0.1) is 6.92 Å². The molecule has 0 radical (unpaired) electrons. The maximum atomic E-state index is 12.7. The summed E-state index contributed by atoms with van der Waals surface area (Å²) in [5.74, 6) is 0.327. The molecule has 0 N–H and O–H groups in total. The van der Waals surface area contributed by atoms with E-state index in [2.05, 4.69) is 4.98 Å². The molecule has 1 aliphatic carbocycles. The van der Waals surface area contributed by atoms with E-state index in [9.17, 15) is 8.42 Å². The number of alkyl halides is 1. The first-order chi connectivity index (χ1) is 9.05. The Labute approximate surface area is 123 Å². The van der Waals surface area contributed by atoms with E-state index in [4.69, 9.17) is 11.6 Å². The van der Waals surface area contributed by atoms with Crippen molar-refractivity contribution in [3.8, 4) is 0 Å². The molecule has 108 valence electrons. The highest BCUT2D eigenvalue weighted by atomic mass is 35.5. The van der Waals surface area contributed by atoms with Crippen LogP contribution in [0.25, 0.3) is 0 Å². The quantitative estimate of drug-likeness (QED) is 0.783. The third-order valence-corrected chi connectivity index (χ3v) is 6.92. The fraction of sp³-hybridized carbons (Fsp3) is 0.750. The van der Waals surface area contributed by atoms with Gasteiger partial charge in [-0.25, -0.2) is 13.4 Å². The molecule has 0 aromatic carbocycles. The molecule has 0 saturated heterocycles. The summed E-state index contributed by atoms with van der Waals surface area (Å²) in [4.78, 5) is 4.05. The highest BCUT2D eigenvalue weighted by Gasteiger charge is 2.33. The van der Waals surface area contributed by atoms with E-state index in [0.29, 0.717) is 16.6 Å². The number of aryl methyl sites for hydroxylation is 1. The van der Waals surface area contributed by atoms with Crippen LogP contribution in [0.5, 0.6) is 0 Å². The van der Waals surface area contributed by atoms with Gasteiger partial charge in [0.05, 0.1) is 11.2 Å². The Kier molecular flexibility index (Phi) is 5.22. The molecule has 4 nitrogen and oxygen atoms in total. The monoisotopic (exact) mass is 322 g/mol. The van der Waals surface area contributed by atoms with E-state index < -0.39 is 10.0 Å². The van der Waals surface area contributed by atoms with Gasteiger partial charge in [-0.2, -0.15) is 4.31 Å². The summed E-state index contributed by atoms with van der Waals surface area (Å²) in [7, 11) is -3.44. The van der Waals surface area contributed by atoms with Crippen molar-refractivity contribution in [2.24, 2.45) is 0 Å². The van der Waals surface area contributed by atoms with Gasteiger partial charge in [0.15, 0.2) is 4.21 Å². The summed E-state index contributed by atoms with van der Waals surface area (Å²) in [6, 6.07) is 0.0971. The Morgan fingerprint density at radius 1 is 1.42 bits per heavy atom. The first-order valence-corrected chi connectivity index (χ1v) is 9.35. The van der Waals surface area contributed by atoms with Gasteiger partial charge in [-0.1, -0.05) is 19.3 Å². The summed E-state index contributed by atoms with van der Waals surface area (Å²) < 4.78 is 27.3. The molecular weight excluding hydrogens is 304 g/mol. The second kappa shape index (κ2) is 6.52. The van der Waals surface area contributed by atoms with Crippen molar-refractivity contribution in [3.05, 3.63) is 11.2 Å². The Morgan fingerprint density at radius 2 is 2.11 bits per heavy atom. The van der Waals surface area contributed by atoms with Crippen LogP contribution >= 0.6 is 22.9 Å². The van der Waals surface area contributed by atoms with Gasteiger partial charge in [0.1, 0.15) is 0 Å². The van der Waals surface area contributed by atoms with Crippen molar-refractivity contribution in [1.29, 1.82) is 0 Å². The van der Waals surface area contributed by atoms with Crippen LogP contribution in [-0.4, -0.2) is 36.2 Å². The lowest BCUT2D eigenvalue weighted by atomic mass is 9.95. The van der Waals surface area contributed by atoms with E-state index in [1.54, 1.807) is 4.31 Å². The molecular formula is C12H19ClN2O2S2. The molecule has 1 aromatic heterocycles. The zero-order chi connectivity index (χ0) is 13.9. The molecule has 0 amide bonds. The van der Waals surface area contributed by atoms with Gasteiger partial charge >= 0.3 is 0 Å². The molecule has 1 aliphatic rings. The molecule has 0 bridgehead atoms. The van der Waals surface area contributed by atoms with Gasteiger partial charge in [-0.3, -0.25) is 0 Å². The van der Waals surface area contributed by atoms with Gasteiger partial charge < -0.3 is 0 Å². The predicted molar refractivity (Wildman–Crippen MR) is 78.3 cm³/mol. The third-order valence-electron chi connectivity index (χ3n) is 3.45. The highest BCUT2D eigenvalue weighted by Crippen LogP contribution is 2.29. The molecule has 1 heterocycles. The molecule has 0 unspecified atom stereocenters. The minimum atomic E-state index is -3.44. The smallest absolute Gasteiger partial charge is 0.249 e. The van der Waals surface area contributed by atoms with Crippen LogP contribution in [0.1, 0.15) is 37.1 Å². The average molecular weight is 323 g/mol. The number of hydrogen-bond donors (Lipinski definition) is 0. The van der Waals surface area contributed by atoms with Crippen molar-refractivity contribution in [1.82, 2.24) is 9.29 Å². The molecule has 7 heteroatoms. The van der Waals surface area contributed by atoms with Gasteiger partial charge in [0, 0.05) is 18.5 Å². The zero-order valence-corrected chi connectivity index (χ0v) is 13.4. The topological polar surface area (TPSA) is 50.3 Å². The predicted octanol–water partition coefficient (Wildman–Crippen LogP) is 3.01. The number of sulfonamides is 1. The van der Waals surface area contributed by atoms with Crippen LogP contribution in [0.15, 0.2) is 10.4 Å². The number of thiazole rings is 1. The Bertz CT molecular complexity index is 510. The van der Waals surface area contributed by atoms with Crippen LogP contribution in [-0.2, 0) is 10.0 Å². The van der Waals surface area contributed by atoms with Crippen LogP contribution < -0.4 is 0 Å². The summed E-state index contributed by atoms with van der Waals surface area (Å²) in [6.07, 6.45) is 6.73. The fourth-order valence-electron chi connectivity index (χ4n) is 2.53. The van der Waals surface area contributed by atoms with Crippen molar-refractivity contribution in [2.45, 2.75) is 49.3 Å². The van der Waals surface area contributed by atoms with E-state index in [1.807, 2.05) is 6.92 Å². The average Bonchev–Trinajstić information content (AvgIpc) is 2.84. The van der Waals surface area contributed by atoms with Crippen LogP contribution in [0.3, 0.4) is 0 Å². The molecule has 2 rings (SSSR count). The fourth-order valence-corrected chi connectivity index (χ4v) is 5.73. The lowest BCUT2D eigenvalue weighted by Gasteiger charge is -2.32. The van der Waals surface area contributed by atoms with Crippen LogP contribution in [0.4, 0.5) is 0 Å². The zero-order valence-electron chi connectivity index (χ0n) is 11.0. The van der Waals surface area contributed by atoms with E-state index >= 15 is 0 Å². The number of halogens is 1.